The first-order valence-electron chi connectivity index (χ1n) is 8.16. The molecule has 6 nitrogen and oxygen atoms in total. The standard InChI is InChI=1S/C17H24N4O2S/c1-11-8-12(5-6-14(11)22)16-19-15(10-24-16)20-17(23)18-13-4-3-7-21(2)9-13/h5-6,8,10,13,17-18,20,22-23H,3-4,7,9H2,1-2H3. The van der Waals surface area contributed by atoms with Crippen molar-refractivity contribution in [3.05, 3.63) is 29.1 Å². The maximum atomic E-state index is 10.2. The third-order valence-electron chi connectivity index (χ3n) is 4.25. The van der Waals surface area contributed by atoms with Crippen molar-refractivity contribution in [3.8, 4) is 16.3 Å². The fourth-order valence-corrected chi connectivity index (χ4v) is 3.73. The number of rotatable bonds is 5. The normalized spacial score (nSPS) is 20.0. The largest absolute Gasteiger partial charge is 0.508 e. The molecule has 7 heteroatoms. The number of aromatic nitrogens is 1. The Morgan fingerprint density at radius 1 is 1.42 bits per heavy atom. The van der Waals surface area contributed by atoms with Crippen molar-refractivity contribution in [1.82, 2.24) is 15.2 Å². The second kappa shape index (κ2) is 7.48. The van der Waals surface area contributed by atoms with Crippen LogP contribution in [0.3, 0.4) is 0 Å². The molecule has 4 N–H and O–H groups in total. The van der Waals surface area contributed by atoms with Crippen molar-refractivity contribution in [2.45, 2.75) is 32.2 Å². The van der Waals surface area contributed by atoms with E-state index in [1.165, 1.54) is 11.3 Å². The highest BCUT2D eigenvalue weighted by molar-refractivity contribution is 7.13. The van der Waals surface area contributed by atoms with Gasteiger partial charge in [0.2, 0.25) is 0 Å². The Balaban J connectivity index is 1.60. The molecule has 1 aliphatic heterocycles. The molecular weight excluding hydrogens is 324 g/mol. The molecule has 1 aliphatic rings. The Morgan fingerprint density at radius 2 is 2.25 bits per heavy atom. The lowest BCUT2D eigenvalue weighted by molar-refractivity contribution is 0.120. The molecule has 3 rings (SSSR count). The number of benzene rings is 1. The summed E-state index contributed by atoms with van der Waals surface area (Å²) in [4.78, 5) is 6.78. The van der Waals surface area contributed by atoms with E-state index in [-0.39, 0.29) is 11.8 Å². The average molecular weight is 348 g/mol. The molecule has 1 saturated heterocycles. The number of nitrogens with one attached hydrogen (secondary N) is 2. The summed E-state index contributed by atoms with van der Waals surface area (Å²) in [6.07, 6.45) is 1.39. The van der Waals surface area contributed by atoms with E-state index in [1.807, 2.05) is 24.4 Å². The number of aliphatic hydroxyl groups is 1. The van der Waals surface area contributed by atoms with E-state index in [9.17, 15) is 10.2 Å². The van der Waals surface area contributed by atoms with Gasteiger partial charge < -0.3 is 20.4 Å². The molecule has 1 fully saturated rings. The molecule has 2 aromatic rings. The number of hydrogen-bond donors (Lipinski definition) is 4. The molecule has 0 spiro atoms. The molecule has 0 aliphatic carbocycles. The van der Waals surface area contributed by atoms with Gasteiger partial charge in [0.15, 0.2) is 6.35 Å². The monoisotopic (exact) mass is 348 g/mol. The van der Waals surface area contributed by atoms with Crippen molar-refractivity contribution in [2.75, 3.05) is 25.5 Å². The summed E-state index contributed by atoms with van der Waals surface area (Å²) < 4.78 is 0. The topological polar surface area (TPSA) is 80.7 Å². The molecule has 2 atom stereocenters. The number of phenolic OH excluding ortho intramolecular Hbond substituents is 1. The third kappa shape index (κ3) is 4.24. The molecule has 24 heavy (non-hydrogen) atoms. The number of likely N-dealkylation sites (tertiary alicyclic amines) is 1. The number of nitrogens with zero attached hydrogens (tertiary/aromatic N) is 2. The second-order valence-electron chi connectivity index (χ2n) is 6.35. The number of anilines is 1. The molecule has 0 saturated carbocycles. The molecule has 1 aromatic carbocycles. The Hall–Kier alpha value is -1.67. The van der Waals surface area contributed by atoms with Gasteiger partial charge >= 0.3 is 0 Å². The highest BCUT2D eigenvalue weighted by atomic mass is 32.1. The summed E-state index contributed by atoms with van der Waals surface area (Å²) in [6.45, 7) is 3.91. The van der Waals surface area contributed by atoms with Gasteiger partial charge in [-0.15, -0.1) is 11.3 Å². The number of aliphatic hydroxyl groups excluding tert-OH is 1. The minimum absolute atomic E-state index is 0.282. The van der Waals surface area contributed by atoms with Crippen LogP contribution in [0.2, 0.25) is 0 Å². The van der Waals surface area contributed by atoms with Crippen molar-refractivity contribution >= 4 is 17.2 Å². The minimum Gasteiger partial charge on any atom is -0.508 e. The van der Waals surface area contributed by atoms with Crippen LogP contribution in [0.15, 0.2) is 23.6 Å². The zero-order valence-electron chi connectivity index (χ0n) is 14.0. The molecule has 130 valence electrons. The van der Waals surface area contributed by atoms with Crippen molar-refractivity contribution in [3.63, 3.8) is 0 Å². The first-order valence-corrected chi connectivity index (χ1v) is 9.04. The number of aryl methyl sites for hydroxylation is 1. The van der Waals surface area contributed by atoms with Crippen LogP contribution in [-0.2, 0) is 0 Å². The average Bonchev–Trinajstić information content (AvgIpc) is 2.98. The number of phenols is 1. The van der Waals surface area contributed by atoms with Crippen LogP contribution in [0.4, 0.5) is 5.82 Å². The van der Waals surface area contributed by atoms with E-state index < -0.39 is 6.35 Å². The zero-order chi connectivity index (χ0) is 17.1. The Kier molecular flexibility index (Phi) is 5.35. The first-order chi connectivity index (χ1) is 11.5. The van der Waals surface area contributed by atoms with Gasteiger partial charge in [0.05, 0.1) is 0 Å². The lowest BCUT2D eigenvalue weighted by Crippen LogP contribution is -2.50. The molecule has 2 unspecified atom stereocenters. The SMILES string of the molecule is Cc1cc(-c2nc(NC(O)NC3CCCN(C)C3)cs2)ccc1O. The fraction of sp³-hybridized carbons (Fsp3) is 0.471. The lowest BCUT2D eigenvalue weighted by atomic mass is 10.1. The van der Waals surface area contributed by atoms with Gasteiger partial charge in [-0.25, -0.2) is 4.98 Å². The Morgan fingerprint density at radius 3 is 3.00 bits per heavy atom. The Bertz CT molecular complexity index is 691. The van der Waals surface area contributed by atoms with Gasteiger partial charge in [-0.2, -0.15) is 0 Å². The lowest BCUT2D eigenvalue weighted by Gasteiger charge is -2.31. The van der Waals surface area contributed by atoms with Crippen LogP contribution in [0.1, 0.15) is 18.4 Å². The van der Waals surface area contributed by atoms with E-state index in [4.69, 9.17) is 0 Å². The second-order valence-corrected chi connectivity index (χ2v) is 7.21. The van der Waals surface area contributed by atoms with Gasteiger partial charge in [-0.1, -0.05) is 0 Å². The molecule has 0 radical (unpaired) electrons. The summed E-state index contributed by atoms with van der Waals surface area (Å²) >= 11 is 1.50. The van der Waals surface area contributed by atoms with E-state index in [1.54, 1.807) is 6.07 Å². The number of aromatic hydroxyl groups is 1. The van der Waals surface area contributed by atoms with Gasteiger partial charge in [-0.05, 0) is 57.1 Å². The fourth-order valence-electron chi connectivity index (χ4n) is 2.97. The maximum Gasteiger partial charge on any atom is 0.182 e. The highest BCUT2D eigenvalue weighted by Gasteiger charge is 2.19. The van der Waals surface area contributed by atoms with Crippen LogP contribution in [0.5, 0.6) is 5.75 Å². The van der Waals surface area contributed by atoms with Gasteiger partial charge in [0.25, 0.3) is 0 Å². The van der Waals surface area contributed by atoms with E-state index >= 15 is 0 Å². The predicted octanol–water partition coefficient (Wildman–Crippen LogP) is 2.20. The van der Waals surface area contributed by atoms with E-state index in [0.717, 1.165) is 42.1 Å². The van der Waals surface area contributed by atoms with Crippen molar-refractivity contribution < 1.29 is 10.2 Å². The van der Waals surface area contributed by atoms with E-state index in [2.05, 4.69) is 27.6 Å². The van der Waals surface area contributed by atoms with Crippen LogP contribution in [0.25, 0.3) is 10.6 Å². The number of hydrogen-bond acceptors (Lipinski definition) is 7. The smallest absolute Gasteiger partial charge is 0.182 e. The molecule has 0 bridgehead atoms. The summed E-state index contributed by atoms with van der Waals surface area (Å²) in [5, 5.41) is 28.7. The van der Waals surface area contributed by atoms with Gasteiger partial charge in [-0.3, -0.25) is 5.32 Å². The Labute approximate surface area is 146 Å². The van der Waals surface area contributed by atoms with Crippen LogP contribution in [0, 0.1) is 6.92 Å². The van der Waals surface area contributed by atoms with Crippen LogP contribution >= 0.6 is 11.3 Å². The molecular formula is C17H24N4O2S. The first kappa shape index (κ1) is 17.2. The predicted molar refractivity (Wildman–Crippen MR) is 97.2 cm³/mol. The van der Waals surface area contributed by atoms with Crippen molar-refractivity contribution in [1.29, 1.82) is 0 Å². The third-order valence-corrected chi connectivity index (χ3v) is 5.14. The number of piperidine rings is 1. The van der Waals surface area contributed by atoms with E-state index in [0.29, 0.717) is 5.82 Å². The van der Waals surface area contributed by atoms with Crippen LogP contribution < -0.4 is 10.6 Å². The number of thiazole rings is 1. The van der Waals surface area contributed by atoms with Gasteiger partial charge in [0, 0.05) is 23.5 Å². The maximum absolute atomic E-state index is 10.2. The van der Waals surface area contributed by atoms with Crippen LogP contribution in [-0.4, -0.2) is 52.6 Å². The molecule has 2 heterocycles. The molecule has 1 aromatic heterocycles. The molecule has 0 amide bonds. The minimum atomic E-state index is -0.821. The summed E-state index contributed by atoms with van der Waals surface area (Å²) in [6, 6.07) is 5.71. The number of likely N-dealkylation sites (N-methyl/N-ethyl adjacent to an activating group) is 1. The summed E-state index contributed by atoms with van der Waals surface area (Å²) in [5.74, 6) is 0.926. The van der Waals surface area contributed by atoms with Crippen molar-refractivity contribution in [2.24, 2.45) is 0 Å². The quantitative estimate of drug-likeness (QED) is 0.620. The zero-order valence-corrected chi connectivity index (χ0v) is 14.8. The highest BCUT2D eigenvalue weighted by Crippen LogP contribution is 2.29. The van der Waals surface area contributed by atoms with Gasteiger partial charge in [0.1, 0.15) is 16.6 Å². The summed E-state index contributed by atoms with van der Waals surface area (Å²) in [5.41, 5.74) is 1.78. The summed E-state index contributed by atoms with van der Waals surface area (Å²) in [7, 11) is 2.10.